The molecule has 1 fully saturated rings. The summed E-state index contributed by atoms with van der Waals surface area (Å²) in [7, 11) is 1.81. The van der Waals surface area contributed by atoms with Crippen molar-refractivity contribution in [3.63, 3.8) is 0 Å². The first kappa shape index (κ1) is 6.48. The number of likely N-dealkylation sites (N-methyl/N-ethyl adjacent to an activating group) is 1. The van der Waals surface area contributed by atoms with Crippen LogP contribution < -0.4 is 5.32 Å². The zero-order chi connectivity index (χ0) is 6.85. The second-order valence-electron chi connectivity index (χ2n) is 2.00. The normalized spacial score (nSPS) is 26.1. The molecule has 1 rings (SSSR count). The summed E-state index contributed by atoms with van der Waals surface area (Å²) in [5, 5.41) is 3.56. The van der Waals surface area contributed by atoms with Gasteiger partial charge in [-0.05, 0) is 12.2 Å². The van der Waals surface area contributed by atoms with Gasteiger partial charge in [-0.2, -0.15) is 0 Å². The summed E-state index contributed by atoms with van der Waals surface area (Å²) in [4.78, 5) is 12.0. The number of hydrogen-bond acceptors (Lipinski definition) is 2. The van der Waals surface area contributed by atoms with Gasteiger partial charge in [-0.1, -0.05) is 0 Å². The molecule has 3 nitrogen and oxygen atoms in total. The molecule has 0 aliphatic carbocycles. The van der Waals surface area contributed by atoms with Crippen LogP contribution in [0.25, 0.3) is 0 Å². The van der Waals surface area contributed by atoms with Gasteiger partial charge in [0.2, 0.25) is 0 Å². The molecule has 0 spiro atoms. The van der Waals surface area contributed by atoms with Crippen LogP contribution >= 0.6 is 12.2 Å². The van der Waals surface area contributed by atoms with Gasteiger partial charge >= 0.3 is 0 Å². The van der Waals surface area contributed by atoms with E-state index in [9.17, 15) is 4.79 Å². The van der Waals surface area contributed by atoms with Gasteiger partial charge in [-0.3, -0.25) is 0 Å². The first-order chi connectivity index (χ1) is 4.25. The van der Waals surface area contributed by atoms with Crippen LogP contribution in [0.5, 0.6) is 0 Å². The van der Waals surface area contributed by atoms with Crippen LogP contribution in [-0.2, 0) is 4.79 Å². The Morgan fingerprint density at radius 1 is 2.00 bits per heavy atom. The molecule has 1 N–H and O–H groups in total. The third-order valence-corrected chi connectivity index (χ3v) is 1.87. The molecule has 0 amide bonds. The third kappa shape index (κ3) is 1.03. The van der Waals surface area contributed by atoms with E-state index in [0.717, 1.165) is 6.29 Å². The number of aldehydes is 1. The van der Waals surface area contributed by atoms with Gasteiger partial charge in [-0.25, -0.2) is 0 Å². The van der Waals surface area contributed by atoms with Crippen molar-refractivity contribution in [3.05, 3.63) is 0 Å². The Kier molecular flexibility index (Phi) is 1.66. The van der Waals surface area contributed by atoms with E-state index in [-0.39, 0.29) is 6.04 Å². The number of thiocarbonyl (C=S) groups is 1. The highest BCUT2D eigenvalue weighted by atomic mass is 32.1. The van der Waals surface area contributed by atoms with Crippen LogP contribution in [0.2, 0.25) is 0 Å². The van der Waals surface area contributed by atoms with Crippen LogP contribution in [-0.4, -0.2) is 35.9 Å². The predicted molar refractivity (Wildman–Crippen MR) is 38.2 cm³/mol. The summed E-state index contributed by atoms with van der Waals surface area (Å²) < 4.78 is 0. The third-order valence-electron chi connectivity index (χ3n) is 1.44. The molecule has 1 unspecified atom stereocenters. The van der Waals surface area contributed by atoms with Gasteiger partial charge in [0.1, 0.15) is 12.3 Å². The number of hydrogen-bond donors (Lipinski definition) is 1. The molecule has 0 saturated carbocycles. The molecular weight excluding hydrogens is 136 g/mol. The Morgan fingerprint density at radius 3 is 2.89 bits per heavy atom. The van der Waals surface area contributed by atoms with Gasteiger partial charge in [0.25, 0.3) is 0 Å². The molecule has 1 aliphatic rings. The highest BCUT2D eigenvalue weighted by molar-refractivity contribution is 7.80. The summed E-state index contributed by atoms with van der Waals surface area (Å²) in [5.74, 6) is 0. The van der Waals surface area contributed by atoms with Crippen molar-refractivity contribution >= 4 is 23.6 Å². The van der Waals surface area contributed by atoms with Gasteiger partial charge in [0.15, 0.2) is 5.11 Å². The van der Waals surface area contributed by atoms with E-state index in [0.29, 0.717) is 11.7 Å². The van der Waals surface area contributed by atoms with Gasteiger partial charge in [0, 0.05) is 13.6 Å². The topological polar surface area (TPSA) is 32.3 Å². The first-order valence-corrected chi connectivity index (χ1v) is 3.12. The van der Waals surface area contributed by atoms with Crippen molar-refractivity contribution in [1.82, 2.24) is 10.2 Å². The van der Waals surface area contributed by atoms with Crippen molar-refractivity contribution in [2.24, 2.45) is 0 Å². The molecular formula is C5H8N2OS. The monoisotopic (exact) mass is 144 g/mol. The molecule has 4 heteroatoms. The van der Waals surface area contributed by atoms with Crippen LogP contribution in [0.15, 0.2) is 0 Å². The maximum absolute atomic E-state index is 10.2. The minimum absolute atomic E-state index is 0.0579. The van der Waals surface area contributed by atoms with Crippen LogP contribution in [0.3, 0.4) is 0 Å². The van der Waals surface area contributed by atoms with Crippen molar-refractivity contribution < 1.29 is 4.79 Å². The Morgan fingerprint density at radius 2 is 2.67 bits per heavy atom. The van der Waals surface area contributed by atoms with Crippen molar-refractivity contribution in [2.75, 3.05) is 13.6 Å². The maximum Gasteiger partial charge on any atom is 0.169 e. The molecule has 9 heavy (non-hydrogen) atoms. The van der Waals surface area contributed by atoms with E-state index >= 15 is 0 Å². The summed E-state index contributed by atoms with van der Waals surface area (Å²) in [6.07, 6.45) is 0.895. The molecule has 1 heterocycles. The van der Waals surface area contributed by atoms with Gasteiger partial charge in [-0.15, -0.1) is 0 Å². The summed E-state index contributed by atoms with van der Waals surface area (Å²) in [6.45, 7) is 0.652. The fourth-order valence-corrected chi connectivity index (χ4v) is 0.962. The van der Waals surface area contributed by atoms with Gasteiger partial charge in [0.05, 0.1) is 0 Å². The molecule has 0 aromatic rings. The van der Waals surface area contributed by atoms with E-state index in [1.165, 1.54) is 0 Å². The molecule has 0 bridgehead atoms. The average molecular weight is 144 g/mol. The van der Waals surface area contributed by atoms with E-state index in [4.69, 9.17) is 12.2 Å². The molecule has 1 aliphatic heterocycles. The molecule has 1 saturated heterocycles. The second kappa shape index (κ2) is 2.31. The van der Waals surface area contributed by atoms with Crippen LogP contribution in [0, 0.1) is 0 Å². The van der Waals surface area contributed by atoms with Crippen LogP contribution in [0.1, 0.15) is 0 Å². The summed E-state index contributed by atoms with van der Waals surface area (Å²) in [5.41, 5.74) is 0. The van der Waals surface area contributed by atoms with E-state index < -0.39 is 0 Å². The number of carbonyl (C=O) groups excluding carboxylic acids is 1. The number of rotatable bonds is 1. The molecule has 0 radical (unpaired) electrons. The SMILES string of the molecule is CN1C(=S)NCC1C=O. The fourth-order valence-electron chi connectivity index (χ4n) is 0.744. The Hall–Kier alpha value is -0.640. The number of carbonyl (C=O) groups is 1. The largest absolute Gasteiger partial charge is 0.360 e. The average Bonchev–Trinajstić information content (AvgIpc) is 2.15. The molecule has 0 aromatic heterocycles. The molecule has 1 atom stereocenters. The van der Waals surface area contributed by atoms with Gasteiger partial charge < -0.3 is 15.0 Å². The standard InChI is InChI=1S/C5H8N2OS/c1-7-4(3-8)2-6-5(7)9/h3-4H,2H2,1H3,(H,6,9). The second-order valence-corrected chi connectivity index (χ2v) is 2.39. The zero-order valence-electron chi connectivity index (χ0n) is 5.13. The minimum atomic E-state index is -0.0579. The van der Waals surface area contributed by atoms with E-state index in [1.807, 2.05) is 0 Å². The zero-order valence-corrected chi connectivity index (χ0v) is 5.94. The summed E-state index contributed by atoms with van der Waals surface area (Å²) >= 11 is 4.84. The van der Waals surface area contributed by atoms with E-state index in [1.54, 1.807) is 11.9 Å². The van der Waals surface area contributed by atoms with Crippen molar-refractivity contribution in [3.8, 4) is 0 Å². The maximum atomic E-state index is 10.2. The fraction of sp³-hybridized carbons (Fsp3) is 0.600. The highest BCUT2D eigenvalue weighted by Crippen LogP contribution is 1.99. The smallest absolute Gasteiger partial charge is 0.169 e. The lowest BCUT2D eigenvalue weighted by molar-refractivity contribution is -0.110. The Labute approximate surface area is 59.0 Å². The number of nitrogens with zero attached hydrogens (tertiary/aromatic N) is 1. The molecule has 0 aromatic carbocycles. The highest BCUT2D eigenvalue weighted by Gasteiger charge is 2.22. The lowest BCUT2D eigenvalue weighted by atomic mass is 10.3. The lowest BCUT2D eigenvalue weighted by Crippen LogP contribution is -2.30. The van der Waals surface area contributed by atoms with Crippen molar-refractivity contribution in [2.45, 2.75) is 6.04 Å². The number of nitrogens with one attached hydrogen (secondary N) is 1. The summed E-state index contributed by atoms with van der Waals surface area (Å²) in [6, 6.07) is -0.0579. The first-order valence-electron chi connectivity index (χ1n) is 2.71. The predicted octanol–water partition coefficient (Wildman–Crippen LogP) is -0.626. The van der Waals surface area contributed by atoms with Crippen molar-refractivity contribution in [1.29, 1.82) is 0 Å². The Balaban J connectivity index is 2.61. The Bertz CT molecular complexity index is 148. The molecule has 50 valence electrons. The minimum Gasteiger partial charge on any atom is -0.360 e. The van der Waals surface area contributed by atoms with Crippen LogP contribution in [0.4, 0.5) is 0 Å². The van der Waals surface area contributed by atoms with E-state index in [2.05, 4.69) is 5.32 Å². The lowest BCUT2D eigenvalue weighted by Gasteiger charge is -2.12. The quantitative estimate of drug-likeness (QED) is 0.392.